The normalized spacial score (nSPS) is 13.7. The minimum absolute atomic E-state index is 0.0714. The van der Waals surface area contributed by atoms with Gasteiger partial charge in [-0.25, -0.2) is 43.4 Å². The molecule has 2 aromatic carbocycles. The van der Waals surface area contributed by atoms with Crippen molar-refractivity contribution >= 4 is 74.1 Å². The fourth-order valence-corrected chi connectivity index (χ4v) is 10.3. The van der Waals surface area contributed by atoms with Crippen LogP contribution in [0.3, 0.4) is 0 Å². The van der Waals surface area contributed by atoms with Gasteiger partial charge in [-0.1, -0.05) is 23.5 Å². The van der Waals surface area contributed by atoms with Crippen molar-refractivity contribution in [3.05, 3.63) is 73.7 Å². The van der Waals surface area contributed by atoms with Gasteiger partial charge in [-0.15, -0.1) is 0 Å². The number of carbonyl (C=O) groups is 1. The number of anilines is 2. The number of rotatable bonds is 19. The Morgan fingerprint density at radius 1 is 0.725 bits per heavy atom. The zero-order valence-corrected chi connectivity index (χ0v) is 38.9. The van der Waals surface area contributed by atoms with Crippen LogP contribution in [-0.2, 0) is 28.6 Å². The molecule has 7 N–H and O–H groups in total. The van der Waals surface area contributed by atoms with Crippen molar-refractivity contribution in [3.63, 3.8) is 0 Å². The van der Waals surface area contributed by atoms with E-state index in [0.29, 0.717) is 112 Å². The molecule has 1 atom stereocenters. The average molecular weight is 998 g/mol. The molecular formula is C43H43N13O10S3. The first-order valence-electron chi connectivity index (χ1n) is 21.5. The van der Waals surface area contributed by atoms with E-state index in [1.165, 1.54) is 36.2 Å². The zero-order chi connectivity index (χ0) is 47.4. The van der Waals surface area contributed by atoms with Crippen LogP contribution in [0.25, 0.3) is 45.0 Å². The van der Waals surface area contributed by atoms with Crippen molar-refractivity contribution in [2.24, 2.45) is 0 Å². The summed E-state index contributed by atoms with van der Waals surface area (Å²) >= 11 is 2.67. The van der Waals surface area contributed by atoms with Crippen LogP contribution in [0, 0.1) is 0 Å². The van der Waals surface area contributed by atoms with Gasteiger partial charge in [0.1, 0.15) is 56.0 Å². The second-order valence-electron chi connectivity index (χ2n) is 15.3. The molecule has 0 fully saturated rings. The lowest BCUT2D eigenvalue weighted by Crippen LogP contribution is -2.41. The Bertz CT molecular complexity index is 3210. The number of nitrogen functional groups attached to an aromatic ring is 2. The van der Waals surface area contributed by atoms with Gasteiger partial charge in [0, 0.05) is 53.6 Å². The molecule has 10 rings (SSSR count). The van der Waals surface area contributed by atoms with Crippen LogP contribution in [0.15, 0.2) is 103 Å². The Kier molecular flexibility index (Phi) is 13.4. The van der Waals surface area contributed by atoms with E-state index >= 15 is 0 Å². The van der Waals surface area contributed by atoms with Crippen LogP contribution < -0.4 is 41.0 Å². The SMILES string of the molecule is Nc1ncnc2c1nc(Sc1cc3c(cc1-c1ccco1)OCCO3)n2CCNCCN(O)C(=O)CC(NCCn1c(Sc2cc3c(cc2-c2ccco2)OCCO3)nc2c(N)ncnc21)[SH](=O)=O. The number of imidazole rings is 2. The van der Waals surface area contributed by atoms with Gasteiger partial charge in [0.2, 0.25) is 5.91 Å². The van der Waals surface area contributed by atoms with E-state index in [2.05, 4.69) is 30.6 Å². The molecule has 0 spiro atoms. The first kappa shape index (κ1) is 45.7. The van der Waals surface area contributed by atoms with Crippen molar-refractivity contribution in [2.75, 3.05) is 64.1 Å². The number of aromatic nitrogens is 8. The highest BCUT2D eigenvalue weighted by Gasteiger charge is 2.26. The first-order valence-corrected chi connectivity index (χ1v) is 24.4. The summed E-state index contributed by atoms with van der Waals surface area (Å²) in [6.45, 7) is 2.67. The summed E-state index contributed by atoms with van der Waals surface area (Å²) in [7, 11) is -3.15. The van der Waals surface area contributed by atoms with Crippen molar-refractivity contribution in [1.82, 2.24) is 54.7 Å². The lowest BCUT2D eigenvalue weighted by atomic mass is 10.1. The molecule has 6 aromatic heterocycles. The Labute approximate surface area is 401 Å². The highest BCUT2D eigenvalue weighted by molar-refractivity contribution is 7.99. The average Bonchev–Trinajstić information content (AvgIpc) is 4.20. The summed E-state index contributed by atoms with van der Waals surface area (Å²) in [6.07, 6.45) is 5.33. The van der Waals surface area contributed by atoms with E-state index < -0.39 is 28.4 Å². The number of furan rings is 2. The molecule has 1 unspecified atom stereocenters. The third-order valence-electron chi connectivity index (χ3n) is 11.0. The zero-order valence-electron chi connectivity index (χ0n) is 36.3. The molecule has 0 radical (unpaired) electrons. The van der Waals surface area contributed by atoms with Gasteiger partial charge in [0.15, 0.2) is 78.0 Å². The smallest absolute Gasteiger partial charge is 0.248 e. The van der Waals surface area contributed by atoms with Gasteiger partial charge in [0.25, 0.3) is 0 Å². The molecule has 2 aliphatic heterocycles. The number of benzene rings is 2. The van der Waals surface area contributed by atoms with Crippen LogP contribution in [-0.4, -0.2) is 122 Å². The summed E-state index contributed by atoms with van der Waals surface area (Å²) in [5, 5.41) is 17.2. The minimum Gasteiger partial charge on any atom is -0.486 e. The number of ether oxygens (including phenoxy) is 4. The number of hydroxylamine groups is 2. The Morgan fingerprint density at radius 2 is 1.22 bits per heavy atom. The maximum atomic E-state index is 13.2. The molecular weight excluding hydrogens is 955 g/mol. The van der Waals surface area contributed by atoms with Gasteiger partial charge in [-0.05, 0) is 48.5 Å². The molecule has 1 amide bonds. The van der Waals surface area contributed by atoms with Crippen molar-refractivity contribution < 1.29 is 46.2 Å². The fraction of sp³-hybridized carbons (Fsp3) is 0.279. The van der Waals surface area contributed by atoms with Crippen LogP contribution in [0.2, 0.25) is 0 Å². The van der Waals surface area contributed by atoms with Gasteiger partial charge in [0.05, 0.1) is 25.5 Å². The van der Waals surface area contributed by atoms with Crippen LogP contribution in [0.5, 0.6) is 23.0 Å². The summed E-state index contributed by atoms with van der Waals surface area (Å²) in [4.78, 5) is 41.4. The lowest BCUT2D eigenvalue weighted by molar-refractivity contribution is -0.165. The lowest BCUT2D eigenvalue weighted by Gasteiger charge is -2.21. The summed E-state index contributed by atoms with van der Waals surface area (Å²) < 4.78 is 63.6. The van der Waals surface area contributed by atoms with Crippen molar-refractivity contribution in [3.8, 4) is 45.6 Å². The number of fused-ring (bicyclic) bond motifs is 4. The van der Waals surface area contributed by atoms with Gasteiger partial charge in [-0.2, -0.15) is 0 Å². The number of hydrogen-bond acceptors (Lipinski definition) is 22. The summed E-state index contributed by atoms with van der Waals surface area (Å²) in [5.74, 6) is 3.17. The van der Waals surface area contributed by atoms with E-state index in [1.807, 2.05) is 41.0 Å². The maximum absolute atomic E-state index is 13.2. The fourth-order valence-electron chi connectivity index (χ4n) is 7.64. The third-order valence-corrected chi connectivity index (χ3v) is 13.9. The van der Waals surface area contributed by atoms with Crippen LogP contribution in [0.4, 0.5) is 11.6 Å². The number of hydrogen-bond donors (Lipinski definition) is 6. The Morgan fingerprint density at radius 3 is 1.70 bits per heavy atom. The van der Waals surface area contributed by atoms with E-state index in [0.717, 1.165) is 20.9 Å². The van der Waals surface area contributed by atoms with E-state index in [4.69, 9.17) is 49.2 Å². The van der Waals surface area contributed by atoms with Gasteiger partial charge in [-0.3, -0.25) is 15.3 Å². The number of carbonyl (C=O) groups excluding carboxylic acids is 1. The molecule has 8 aromatic rings. The number of thiol groups is 1. The second kappa shape index (κ2) is 20.2. The van der Waals surface area contributed by atoms with E-state index in [9.17, 15) is 18.4 Å². The minimum atomic E-state index is -3.15. The topological polar surface area (TPSA) is 301 Å². The largest absolute Gasteiger partial charge is 0.486 e. The second-order valence-corrected chi connectivity index (χ2v) is 18.5. The molecule has 69 heavy (non-hydrogen) atoms. The number of nitrogens with one attached hydrogen (secondary N) is 2. The van der Waals surface area contributed by atoms with Crippen LogP contribution >= 0.6 is 23.5 Å². The number of nitrogens with two attached hydrogens (primary N) is 2. The third kappa shape index (κ3) is 9.79. The van der Waals surface area contributed by atoms with Crippen LogP contribution in [0.1, 0.15) is 6.42 Å². The van der Waals surface area contributed by atoms with E-state index in [1.54, 1.807) is 29.2 Å². The molecule has 0 bridgehead atoms. The number of nitrogens with zero attached hydrogens (tertiary/aromatic N) is 9. The molecule has 358 valence electrons. The molecule has 8 heterocycles. The van der Waals surface area contributed by atoms with Gasteiger partial charge >= 0.3 is 0 Å². The summed E-state index contributed by atoms with van der Waals surface area (Å²) in [5.41, 5.74) is 15.7. The quantitative estimate of drug-likeness (QED) is 0.0289. The first-order chi connectivity index (χ1) is 33.7. The van der Waals surface area contributed by atoms with Crippen molar-refractivity contribution in [1.29, 1.82) is 0 Å². The molecule has 0 saturated heterocycles. The molecule has 0 saturated carbocycles. The number of amides is 1. The van der Waals surface area contributed by atoms with E-state index in [-0.39, 0.29) is 37.8 Å². The molecule has 0 aliphatic carbocycles. The highest BCUT2D eigenvalue weighted by Crippen LogP contribution is 2.46. The highest BCUT2D eigenvalue weighted by atomic mass is 32.2. The molecule has 2 aliphatic rings. The van der Waals surface area contributed by atoms with Gasteiger partial charge < -0.3 is 53.7 Å². The maximum Gasteiger partial charge on any atom is 0.248 e. The predicted molar refractivity (Wildman–Crippen MR) is 251 cm³/mol. The summed E-state index contributed by atoms with van der Waals surface area (Å²) in [6, 6.07) is 14.7. The monoisotopic (exact) mass is 997 g/mol. The standard InChI is InChI=1S/C43H43N13O10S3/c44-38-36-40(50-22-48-38)54(42(52-36)67-32-19-30-28(63-13-15-65-30)17-24(32)26-3-1-11-61-26)8-5-46-6-10-56(58)35(57)21-34(69(59)60)47-7-9-55-41-37(39(45)49-23-51-41)53-43(55)68-33-20-31-29(64-14-16-66-31)18-25(33)27-4-2-12-62-27/h1-4,11-12,17-20,22-23,34,46-47,58,69H,5-10,13-16,21H2,(H2,44,48,50)(H2,45,49,51). The molecule has 26 heteroatoms. The predicted octanol–water partition coefficient (Wildman–Crippen LogP) is 3.92. The Hall–Kier alpha value is -7.10. The molecule has 23 nitrogen and oxygen atoms in total. The Balaban J connectivity index is 0.769. The van der Waals surface area contributed by atoms with Crippen molar-refractivity contribution in [2.45, 2.75) is 45.0 Å².